The maximum atomic E-state index is 13.9. The summed E-state index contributed by atoms with van der Waals surface area (Å²) in [5, 5.41) is 13.9. The van der Waals surface area contributed by atoms with Crippen molar-refractivity contribution < 1.29 is 18.7 Å². The number of hydrogen-bond donors (Lipinski definition) is 1. The summed E-state index contributed by atoms with van der Waals surface area (Å²) in [4.78, 5) is 13.3. The van der Waals surface area contributed by atoms with Crippen molar-refractivity contribution in [3.8, 4) is 0 Å². The van der Waals surface area contributed by atoms with Crippen molar-refractivity contribution in [2.45, 2.75) is 6.54 Å². The first-order valence-corrected chi connectivity index (χ1v) is 7.22. The molecular formula is C17H15F2N3O2. The summed E-state index contributed by atoms with van der Waals surface area (Å²) in [5.74, 6) is -2.52. The third kappa shape index (κ3) is 2.80. The van der Waals surface area contributed by atoms with Crippen LogP contribution in [0.25, 0.3) is 10.9 Å². The van der Waals surface area contributed by atoms with Gasteiger partial charge in [0.2, 0.25) is 0 Å². The lowest BCUT2D eigenvalue weighted by atomic mass is 10.1. The first-order valence-electron chi connectivity index (χ1n) is 7.22. The van der Waals surface area contributed by atoms with Gasteiger partial charge in [-0.15, -0.1) is 0 Å². The molecule has 0 atom stereocenters. The monoisotopic (exact) mass is 331 g/mol. The van der Waals surface area contributed by atoms with Crippen molar-refractivity contribution in [3.05, 3.63) is 59.3 Å². The van der Waals surface area contributed by atoms with E-state index in [1.807, 2.05) is 19.0 Å². The molecule has 1 N–H and O–H groups in total. The number of aromatic carboxylic acids is 1. The molecule has 0 aliphatic carbocycles. The van der Waals surface area contributed by atoms with E-state index >= 15 is 0 Å². The summed E-state index contributed by atoms with van der Waals surface area (Å²) in [7, 11) is 3.72. The number of anilines is 1. The van der Waals surface area contributed by atoms with Crippen LogP contribution in [0.1, 0.15) is 16.1 Å². The molecule has 0 fully saturated rings. The van der Waals surface area contributed by atoms with Gasteiger partial charge in [0.25, 0.3) is 0 Å². The third-order valence-electron chi connectivity index (χ3n) is 3.79. The van der Waals surface area contributed by atoms with Crippen LogP contribution in [-0.4, -0.2) is 35.0 Å². The Kier molecular flexibility index (Phi) is 3.92. The predicted octanol–water partition coefficient (Wildman–Crippen LogP) is 3.13. The number of carboxylic acids is 1. The number of nitrogens with zero attached hydrogens (tertiary/aromatic N) is 3. The van der Waals surface area contributed by atoms with E-state index in [2.05, 4.69) is 5.10 Å². The van der Waals surface area contributed by atoms with Gasteiger partial charge >= 0.3 is 5.97 Å². The summed E-state index contributed by atoms with van der Waals surface area (Å²) in [6, 6.07) is 8.54. The molecule has 0 radical (unpaired) electrons. The molecule has 3 rings (SSSR count). The highest BCUT2D eigenvalue weighted by Gasteiger charge is 2.18. The lowest BCUT2D eigenvalue weighted by Crippen LogP contribution is -2.09. The van der Waals surface area contributed by atoms with Gasteiger partial charge in [0.05, 0.1) is 12.1 Å². The van der Waals surface area contributed by atoms with Gasteiger partial charge in [-0.1, -0.05) is 6.07 Å². The van der Waals surface area contributed by atoms with E-state index in [0.29, 0.717) is 10.9 Å². The summed E-state index contributed by atoms with van der Waals surface area (Å²) in [5.41, 5.74) is 1.56. The zero-order valence-electron chi connectivity index (χ0n) is 13.1. The largest absolute Gasteiger partial charge is 0.476 e. The molecule has 0 aliphatic heterocycles. The zero-order valence-corrected chi connectivity index (χ0v) is 13.1. The number of halogens is 2. The van der Waals surface area contributed by atoms with Crippen LogP contribution in [0.3, 0.4) is 0 Å². The van der Waals surface area contributed by atoms with Gasteiger partial charge in [-0.05, 0) is 24.3 Å². The minimum atomic E-state index is -1.16. The normalized spacial score (nSPS) is 11.0. The van der Waals surface area contributed by atoms with Crippen LogP contribution in [0.4, 0.5) is 14.5 Å². The lowest BCUT2D eigenvalue weighted by Gasteiger charge is -2.13. The van der Waals surface area contributed by atoms with E-state index in [9.17, 15) is 18.7 Å². The number of carboxylic acid groups (broad SMARTS) is 1. The number of benzene rings is 2. The molecule has 0 saturated carbocycles. The van der Waals surface area contributed by atoms with Gasteiger partial charge in [0, 0.05) is 36.8 Å². The number of rotatable bonds is 4. The van der Waals surface area contributed by atoms with Crippen molar-refractivity contribution in [1.82, 2.24) is 9.78 Å². The maximum Gasteiger partial charge on any atom is 0.357 e. The second-order valence-corrected chi connectivity index (χ2v) is 5.64. The highest BCUT2D eigenvalue weighted by Crippen LogP contribution is 2.25. The second kappa shape index (κ2) is 5.92. The molecule has 1 aromatic heterocycles. The molecule has 5 nitrogen and oxygen atoms in total. The van der Waals surface area contributed by atoms with Gasteiger partial charge in [0.15, 0.2) is 5.69 Å². The maximum absolute atomic E-state index is 13.9. The second-order valence-electron chi connectivity index (χ2n) is 5.64. The molecule has 0 bridgehead atoms. The molecule has 24 heavy (non-hydrogen) atoms. The fourth-order valence-electron chi connectivity index (χ4n) is 2.53. The van der Waals surface area contributed by atoms with Crippen LogP contribution in [0, 0.1) is 11.6 Å². The molecular weight excluding hydrogens is 316 g/mol. The molecule has 0 aliphatic rings. The van der Waals surface area contributed by atoms with Gasteiger partial charge in [-0.3, -0.25) is 4.68 Å². The first-order chi connectivity index (χ1) is 11.4. The number of fused-ring (bicyclic) bond motifs is 1. The first kappa shape index (κ1) is 15.9. The van der Waals surface area contributed by atoms with E-state index in [4.69, 9.17) is 0 Å². The Hall–Kier alpha value is -2.96. The molecule has 1 heterocycles. The number of hydrogen-bond acceptors (Lipinski definition) is 3. The van der Waals surface area contributed by atoms with E-state index in [1.165, 1.54) is 10.7 Å². The minimum Gasteiger partial charge on any atom is -0.476 e. The zero-order chi connectivity index (χ0) is 17.4. The highest BCUT2D eigenvalue weighted by atomic mass is 19.1. The molecule has 0 unspecified atom stereocenters. The summed E-state index contributed by atoms with van der Waals surface area (Å²) in [6.45, 7) is 0.00672. The Morgan fingerprint density at radius 2 is 1.96 bits per heavy atom. The molecule has 0 saturated heterocycles. The van der Waals surface area contributed by atoms with Gasteiger partial charge in [0.1, 0.15) is 11.6 Å². The van der Waals surface area contributed by atoms with Crippen LogP contribution in [0.5, 0.6) is 0 Å². The Labute approximate surface area is 136 Å². The molecule has 2 aromatic carbocycles. The van der Waals surface area contributed by atoms with Crippen LogP contribution < -0.4 is 4.90 Å². The predicted molar refractivity (Wildman–Crippen MR) is 86.5 cm³/mol. The van der Waals surface area contributed by atoms with E-state index in [-0.39, 0.29) is 17.8 Å². The fourth-order valence-corrected chi connectivity index (χ4v) is 2.53. The van der Waals surface area contributed by atoms with Crippen LogP contribution >= 0.6 is 0 Å². The van der Waals surface area contributed by atoms with Gasteiger partial charge in [-0.25, -0.2) is 13.6 Å². The Morgan fingerprint density at radius 1 is 1.21 bits per heavy atom. The van der Waals surface area contributed by atoms with Crippen molar-refractivity contribution in [2.75, 3.05) is 19.0 Å². The van der Waals surface area contributed by atoms with Gasteiger partial charge in [-0.2, -0.15) is 5.10 Å². The smallest absolute Gasteiger partial charge is 0.357 e. The van der Waals surface area contributed by atoms with Crippen LogP contribution in [-0.2, 0) is 6.54 Å². The lowest BCUT2D eigenvalue weighted by molar-refractivity contribution is 0.0691. The molecule has 7 heteroatoms. The standard InChI is InChI=1S/C17H15F2N3O2/c1-21(2)12-5-6-13-15(8-12)22(20-16(13)17(23)24)9-10-3-4-11(18)7-14(10)19/h3-8H,9H2,1-2H3,(H,23,24). The molecule has 0 amide bonds. The Morgan fingerprint density at radius 3 is 2.58 bits per heavy atom. The van der Waals surface area contributed by atoms with Crippen LogP contribution in [0.15, 0.2) is 36.4 Å². The topological polar surface area (TPSA) is 58.4 Å². The van der Waals surface area contributed by atoms with E-state index < -0.39 is 17.6 Å². The summed E-state index contributed by atoms with van der Waals surface area (Å²) in [6.07, 6.45) is 0. The Bertz CT molecular complexity index is 935. The SMILES string of the molecule is CN(C)c1ccc2c(C(=O)O)nn(Cc3ccc(F)cc3F)c2c1. The van der Waals surface area contributed by atoms with Crippen molar-refractivity contribution in [2.24, 2.45) is 0 Å². The van der Waals surface area contributed by atoms with Crippen molar-refractivity contribution in [1.29, 1.82) is 0 Å². The van der Waals surface area contributed by atoms with E-state index in [1.54, 1.807) is 18.2 Å². The summed E-state index contributed by atoms with van der Waals surface area (Å²) < 4.78 is 28.4. The van der Waals surface area contributed by atoms with Crippen LogP contribution in [0.2, 0.25) is 0 Å². The average molecular weight is 331 g/mol. The average Bonchev–Trinajstić information content (AvgIpc) is 2.88. The quantitative estimate of drug-likeness (QED) is 0.798. The molecule has 3 aromatic rings. The van der Waals surface area contributed by atoms with Crippen molar-refractivity contribution >= 4 is 22.6 Å². The highest BCUT2D eigenvalue weighted by molar-refractivity contribution is 6.02. The molecule has 0 spiro atoms. The summed E-state index contributed by atoms with van der Waals surface area (Å²) >= 11 is 0. The fraction of sp³-hybridized carbons (Fsp3) is 0.176. The Balaban J connectivity index is 2.15. The number of aromatic nitrogens is 2. The van der Waals surface area contributed by atoms with Crippen molar-refractivity contribution in [3.63, 3.8) is 0 Å². The molecule has 124 valence electrons. The number of carbonyl (C=O) groups is 1. The third-order valence-corrected chi connectivity index (χ3v) is 3.79. The van der Waals surface area contributed by atoms with E-state index in [0.717, 1.165) is 17.8 Å². The minimum absolute atomic E-state index is 0.00672. The van der Waals surface area contributed by atoms with Gasteiger partial charge < -0.3 is 10.0 Å².